The van der Waals surface area contributed by atoms with Crippen LogP contribution < -0.4 is 4.72 Å². The molecule has 2 N–H and O–H groups in total. The van der Waals surface area contributed by atoms with E-state index in [0.29, 0.717) is 5.56 Å². The molecule has 12 heteroatoms. The van der Waals surface area contributed by atoms with Crippen LogP contribution in [0, 0.1) is 25.5 Å². The molecule has 0 radical (unpaired) electrons. The van der Waals surface area contributed by atoms with Crippen molar-refractivity contribution in [3.05, 3.63) is 68.5 Å². The Balaban J connectivity index is 2.09. The second-order valence-corrected chi connectivity index (χ2v) is 9.25. The van der Waals surface area contributed by atoms with Gasteiger partial charge in [-0.25, -0.2) is 17.2 Å². The van der Waals surface area contributed by atoms with Gasteiger partial charge in [0.05, 0.1) is 16.1 Å². The van der Waals surface area contributed by atoms with Gasteiger partial charge in [-0.05, 0) is 48.7 Å². The Morgan fingerprint density at radius 3 is 2.40 bits per heavy atom. The fourth-order valence-electron chi connectivity index (χ4n) is 3.15. The number of hydrogen-bond donors (Lipinski definition) is 2. The van der Waals surface area contributed by atoms with E-state index >= 15 is 0 Å². The molecule has 2 aromatic carbocycles. The zero-order valence-electron chi connectivity index (χ0n) is 16.0. The standard InChI is InChI=1S/C18H17Cl2F2N5O2S/c1-8-4-5-13(21)16(9(8)2)10(3)17(18-23-26-27-24-18)25-30(28,29)15-7-12(20)11(19)6-14(15)22/h4-7,10,17,25H,1-3H3,(H,23,24,26,27). The minimum atomic E-state index is -4.46. The third kappa shape index (κ3) is 4.31. The molecule has 30 heavy (non-hydrogen) atoms. The van der Waals surface area contributed by atoms with Crippen molar-refractivity contribution in [2.24, 2.45) is 0 Å². The van der Waals surface area contributed by atoms with Crippen LogP contribution >= 0.6 is 23.2 Å². The highest BCUT2D eigenvalue weighted by Crippen LogP contribution is 2.35. The van der Waals surface area contributed by atoms with Crippen LogP contribution in [0.2, 0.25) is 10.0 Å². The summed E-state index contributed by atoms with van der Waals surface area (Å²) >= 11 is 11.6. The second-order valence-electron chi connectivity index (χ2n) is 6.76. The lowest BCUT2D eigenvalue weighted by Crippen LogP contribution is -2.34. The van der Waals surface area contributed by atoms with Crippen LogP contribution in [0.1, 0.15) is 41.4 Å². The van der Waals surface area contributed by atoms with Crippen LogP contribution in [0.5, 0.6) is 0 Å². The highest BCUT2D eigenvalue weighted by molar-refractivity contribution is 7.89. The summed E-state index contributed by atoms with van der Waals surface area (Å²) in [6, 6.07) is 3.47. The van der Waals surface area contributed by atoms with Crippen LogP contribution in [0.4, 0.5) is 8.78 Å². The quantitative estimate of drug-likeness (QED) is 0.519. The predicted octanol–water partition coefficient (Wildman–Crippen LogP) is 4.22. The number of nitrogens with one attached hydrogen (secondary N) is 2. The Labute approximate surface area is 181 Å². The normalized spacial score (nSPS) is 14.0. The maximum atomic E-state index is 14.7. The summed E-state index contributed by atoms with van der Waals surface area (Å²) in [4.78, 5) is -0.709. The number of halogens is 4. The SMILES string of the molecule is Cc1ccc(F)c(C(C)C(NS(=O)(=O)c2cc(Cl)c(Cl)cc2F)c2nn[nH]n2)c1C. The molecule has 0 spiro atoms. The Kier molecular flexibility index (Phi) is 6.42. The molecule has 2 unspecified atom stereocenters. The maximum Gasteiger partial charge on any atom is 0.244 e. The van der Waals surface area contributed by atoms with Gasteiger partial charge in [-0.15, -0.1) is 10.2 Å². The van der Waals surface area contributed by atoms with E-state index in [1.807, 2.05) is 6.92 Å². The molecule has 0 bridgehead atoms. The van der Waals surface area contributed by atoms with Crippen LogP contribution in [-0.4, -0.2) is 29.0 Å². The minimum Gasteiger partial charge on any atom is -0.207 e. The third-order valence-corrected chi connectivity index (χ3v) is 7.05. The van der Waals surface area contributed by atoms with Crippen molar-refractivity contribution in [3.63, 3.8) is 0 Å². The zero-order chi connectivity index (χ0) is 22.2. The molecule has 0 saturated carbocycles. The number of aromatic nitrogens is 4. The molecule has 0 amide bonds. The van der Waals surface area contributed by atoms with Gasteiger partial charge in [0.2, 0.25) is 10.0 Å². The number of nitrogens with zero attached hydrogens (tertiary/aromatic N) is 3. The van der Waals surface area contributed by atoms with Crippen molar-refractivity contribution in [1.29, 1.82) is 0 Å². The van der Waals surface area contributed by atoms with Crippen molar-refractivity contribution >= 4 is 33.2 Å². The Morgan fingerprint density at radius 1 is 1.10 bits per heavy atom. The maximum absolute atomic E-state index is 14.7. The van der Waals surface area contributed by atoms with Crippen LogP contribution in [0.3, 0.4) is 0 Å². The molecule has 0 aliphatic carbocycles. The summed E-state index contributed by atoms with van der Waals surface area (Å²) in [6.45, 7) is 5.15. The van der Waals surface area contributed by atoms with Gasteiger partial charge in [0.15, 0.2) is 5.82 Å². The fourth-order valence-corrected chi connectivity index (χ4v) is 4.89. The van der Waals surface area contributed by atoms with Crippen molar-refractivity contribution in [1.82, 2.24) is 25.3 Å². The first-order chi connectivity index (χ1) is 14.0. The Morgan fingerprint density at radius 2 is 1.77 bits per heavy atom. The van der Waals surface area contributed by atoms with Gasteiger partial charge in [0.1, 0.15) is 16.5 Å². The summed E-state index contributed by atoms with van der Waals surface area (Å²) in [7, 11) is -4.46. The van der Waals surface area contributed by atoms with Crippen molar-refractivity contribution in [2.45, 2.75) is 37.6 Å². The molecular weight excluding hydrogens is 459 g/mol. The molecule has 2 atom stereocenters. The zero-order valence-corrected chi connectivity index (χ0v) is 18.4. The van der Waals surface area contributed by atoms with Gasteiger partial charge in [0.25, 0.3) is 0 Å². The topological polar surface area (TPSA) is 101 Å². The smallest absolute Gasteiger partial charge is 0.207 e. The van der Waals surface area contributed by atoms with E-state index < -0.39 is 38.5 Å². The van der Waals surface area contributed by atoms with Crippen LogP contribution in [-0.2, 0) is 10.0 Å². The van der Waals surface area contributed by atoms with Gasteiger partial charge in [0, 0.05) is 5.92 Å². The number of hydrogen-bond acceptors (Lipinski definition) is 5. The first-order valence-electron chi connectivity index (χ1n) is 8.68. The molecule has 3 aromatic rings. The molecule has 3 rings (SSSR count). The monoisotopic (exact) mass is 475 g/mol. The van der Waals surface area contributed by atoms with E-state index in [-0.39, 0.29) is 21.4 Å². The third-order valence-electron chi connectivity index (χ3n) is 4.87. The molecule has 0 aliphatic heterocycles. The van der Waals surface area contributed by atoms with Crippen molar-refractivity contribution in [2.75, 3.05) is 0 Å². The number of benzene rings is 2. The number of H-pyrrole nitrogens is 1. The summed E-state index contributed by atoms with van der Waals surface area (Å²) in [5.74, 6) is -2.40. The predicted molar refractivity (Wildman–Crippen MR) is 108 cm³/mol. The lowest BCUT2D eigenvalue weighted by molar-refractivity contribution is 0.475. The summed E-state index contributed by atoms with van der Waals surface area (Å²) in [6.07, 6.45) is 0. The lowest BCUT2D eigenvalue weighted by Gasteiger charge is -2.25. The van der Waals surface area contributed by atoms with Crippen molar-refractivity contribution < 1.29 is 17.2 Å². The number of sulfonamides is 1. The van der Waals surface area contributed by atoms with Gasteiger partial charge in [-0.3, -0.25) is 0 Å². The first-order valence-corrected chi connectivity index (χ1v) is 10.9. The summed E-state index contributed by atoms with van der Waals surface area (Å²) in [5, 5.41) is 13.1. The van der Waals surface area contributed by atoms with E-state index in [4.69, 9.17) is 23.2 Å². The molecule has 1 aromatic heterocycles. The molecule has 0 aliphatic rings. The van der Waals surface area contributed by atoms with Gasteiger partial charge < -0.3 is 0 Å². The summed E-state index contributed by atoms with van der Waals surface area (Å²) in [5.41, 5.74) is 1.75. The number of aromatic amines is 1. The molecular formula is C18H17Cl2F2N5O2S. The fraction of sp³-hybridized carbons (Fsp3) is 0.278. The molecule has 7 nitrogen and oxygen atoms in total. The second kappa shape index (κ2) is 8.54. The molecule has 0 saturated heterocycles. The average Bonchev–Trinajstić information content (AvgIpc) is 3.20. The summed E-state index contributed by atoms with van der Waals surface area (Å²) < 4.78 is 57.3. The number of aryl methyl sites for hydroxylation is 1. The minimum absolute atomic E-state index is 0.0353. The molecule has 0 fully saturated rings. The van der Waals surface area contributed by atoms with E-state index in [1.165, 1.54) is 6.07 Å². The first kappa shape index (κ1) is 22.5. The number of tetrazole rings is 1. The van der Waals surface area contributed by atoms with E-state index in [9.17, 15) is 17.2 Å². The van der Waals surface area contributed by atoms with Crippen molar-refractivity contribution in [3.8, 4) is 0 Å². The number of rotatable bonds is 6. The average molecular weight is 476 g/mol. The van der Waals surface area contributed by atoms with Crippen LogP contribution in [0.25, 0.3) is 0 Å². The molecule has 1 heterocycles. The highest BCUT2D eigenvalue weighted by atomic mass is 35.5. The Hall–Kier alpha value is -2.14. The van der Waals surface area contributed by atoms with Gasteiger partial charge in [-0.2, -0.15) is 9.94 Å². The lowest BCUT2D eigenvalue weighted by atomic mass is 9.88. The van der Waals surface area contributed by atoms with Gasteiger partial charge >= 0.3 is 0 Å². The van der Waals surface area contributed by atoms with E-state index in [0.717, 1.165) is 17.7 Å². The Bertz CT molecular complexity index is 1190. The largest absolute Gasteiger partial charge is 0.244 e. The van der Waals surface area contributed by atoms with Gasteiger partial charge in [-0.1, -0.05) is 41.4 Å². The highest BCUT2D eigenvalue weighted by Gasteiger charge is 2.33. The molecule has 160 valence electrons. The van der Waals surface area contributed by atoms with E-state index in [2.05, 4.69) is 25.3 Å². The van der Waals surface area contributed by atoms with E-state index in [1.54, 1.807) is 19.9 Å². The van der Waals surface area contributed by atoms with Crippen LogP contribution in [0.15, 0.2) is 29.2 Å².